The van der Waals surface area contributed by atoms with Gasteiger partial charge in [-0.2, -0.15) is 0 Å². The van der Waals surface area contributed by atoms with Gasteiger partial charge in [-0.3, -0.25) is 9.59 Å². The van der Waals surface area contributed by atoms with Crippen molar-refractivity contribution in [3.63, 3.8) is 0 Å². The van der Waals surface area contributed by atoms with E-state index in [1.54, 1.807) is 13.2 Å². The lowest BCUT2D eigenvalue weighted by Gasteiger charge is -2.18. The van der Waals surface area contributed by atoms with Crippen LogP contribution < -0.4 is 10.1 Å². The Morgan fingerprint density at radius 1 is 1.19 bits per heavy atom. The van der Waals surface area contributed by atoms with Gasteiger partial charge in [-0.15, -0.1) is 0 Å². The lowest BCUT2D eigenvalue weighted by Crippen LogP contribution is -2.39. The zero-order valence-electron chi connectivity index (χ0n) is 13.3. The van der Waals surface area contributed by atoms with Crippen molar-refractivity contribution >= 4 is 11.8 Å². The van der Waals surface area contributed by atoms with Crippen LogP contribution in [0, 0.1) is 13.8 Å². The van der Waals surface area contributed by atoms with Gasteiger partial charge in [-0.25, -0.2) is 0 Å². The maximum Gasteiger partial charge on any atom is 0.307 e. The molecule has 0 radical (unpaired) electrons. The van der Waals surface area contributed by atoms with E-state index in [-0.39, 0.29) is 12.2 Å². The lowest BCUT2D eigenvalue weighted by atomic mass is 9.95. The average Bonchev–Trinajstić information content (AvgIpc) is 2.47. The summed E-state index contributed by atoms with van der Waals surface area (Å²) in [5.74, 6) is 0.236. The molecular weight excluding hydrogens is 270 g/mol. The molecule has 21 heavy (non-hydrogen) atoms. The van der Waals surface area contributed by atoms with Crippen LogP contribution in [0.4, 0.5) is 0 Å². The molecule has 1 aromatic rings. The number of carbonyl (C=O) groups is 2. The third-order valence-corrected chi connectivity index (χ3v) is 3.37. The second-order valence-corrected chi connectivity index (χ2v) is 4.89. The molecule has 0 aliphatic rings. The zero-order chi connectivity index (χ0) is 16.0. The third kappa shape index (κ3) is 4.29. The fraction of sp³-hybridized carbons (Fsp3) is 0.500. The predicted molar refractivity (Wildman–Crippen MR) is 80.9 cm³/mol. The largest absolute Gasteiger partial charge is 0.496 e. The quantitative estimate of drug-likeness (QED) is 0.615. The van der Waals surface area contributed by atoms with E-state index in [1.807, 2.05) is 26.8 Å². The monoisotopic (exact) mass is 293 g/mol. The maximum absolute atomic E-state index is 12.6. The van der Waals surface area contributed by atoms with Crippen LogP contribution in [0.2, 0.25) is 0 Å². The Balaban J connectivity index is 3.08. The number of likely N-dealkylation sites (N-methyl/N-ethyl adjacent to an activating group) is 1. The number of methoxy groups -OCH3 is 2. The minimum Gasteiger partial charge on any atom is -0.496 e. The number of nitrogens with one attached hydrogen (secondary N) is 1. The molecule has 0 bridgehead atoms. The predicted octanol–water partition coefficient (Wildman–Crippen LogP) is 2.04. The highest BCUT2D eigenvalue weighted by Crippen LogP contribution is 2.23. The molecule has 1 unspecified atom stereocenters. The van der Waals surface area contributed by atoms with Crippen LogP contribution >= 0.6 is 0 Å². The Labute approximate surface area is 125 Å². The Morgan fingerprint density at radius 2 is 1.86 bits per heavy atom. The van der Waals surface area contributed by atoms with Crippen molar-refractivity contribution in [1.29, 1.82) is 0 Å². The van der Waals surface area contributed by atoms with Gasteiger partial charge in [0.2, 0.25) is 0 Å². The van der Waals surface area contributed by atoms with Crippen molar-refractivity contribution in [3.8, 4) is 5.75 Å². The highest BCUT2D eigenvalue weighted by atomic mass is 16.5. The maximum atomic E-state index is 12.6. The summed E-state index contributed by atoms with van der Waals surface area (Å²) in [6, 6.07) is 3.07. The molecule has 1 atom stereocenters. The number of esters is 1. The highest BCUT2D eigenvalue weighted by Gasteiger charge is 2.24. The normalized spacial score (nSPS) is 11.9. The second-order valence-electron chi connectivity index (χ2n) is 4.89. The Morgan fingerprint density at radius 3 is 2.38 bits per heavy atom. The van der Waals surface area contributed by atoms with E-state index in [4.69, 9.17) is 4.74 Å². The molecule has 0 fully saturated rings. The molecule has 0 saturated heterocycles. The van der Waals surface area contributed by atoms with Gasteiger partial charge in [-0.1, -0.05) is 6.92 Å². The molecule has 0 aromatic heterocycles. The molecule has 0 amide bonds. The minimum absolute atomic E-state index is 0.0215. The first-order chi connectivity index (χ1) is 9.94. The number of rotatable bonds is 7. The van der Waals surface area contributed by atoms with E-state index in [9.17, 15) is 9.59 Å². The van der Waals surface area contributed by atoms with Gasteiger partial charge in [0.25, 0.3) is 0 Å². The minimum atomic E-state index is -0.575. The van der Waals surface area contributed by atoms with Gasteiger partial charge >= 0.3 is 5.97 Å². The Bertz CT molecular complexity index is 525. The number of carbonyl (C=O) groups excluding carboxylic acids is 2. The number of aryl methyl sites for hydroxylation is 2. The molecule has 1 rings (SSSR count). The first-order valence-corrected chi connectivity index (χ1v) is 6.94. The van der Waals surface area contributed by atoms with Crippen LogP contribution in [0.1, 0.15) is 34.8 Å². The van der Waals surface area contributed by atoms with Gasteiger partial charge in [0.1, 0.15) is 5.75 Å². The summed E-state index contributed by atoms with van der Waals surface area (Å²) in [6.07, 6.45) is 0.0215. The number of ketones is 1. The van der Waals surface area contributed by atoms with E-state index in [0.717, 1.165) is 16.9 Å². The number of hydrogen-bond donors (Lipinski definition) is 1. The summed E-state index contributed by atoms with van der Waals surface area (Å²) in [6.45, 7) is 6.24. The van der Waals surface area contributed by atoms with Gasteiger partial charge in [0.15, 0.2) is 5.78 Å². The number of benzene rings is 1. The Kier molecular flexibility index (Phi) is 6.37. The molecule has 116 valence electrons. The van der Waals surface area contributed by atoms with E-state index in [2.05, 4.69) is 10.1 Å². The molecule has 5 heteroatoms. The number of hydrogen-bond acceptors (Lipinski definition) is 5. The van der Waals surface area contributed by atoms with Crippen molar-refractivity contribution in [2.24, 2.45) is 0 Å². The van der Waals surface area contributed by atoms with Crippen LogP contribution in [0.5, 0.6) is 5.75 Å². The van der Waals surface area contributed by atoms with E-state index in [0.29, 0.717) is 12.1 Å². The van der Waals surface area contributed by atoms with Gasteiger partial charge in [0.05, 0.1) is 26.7 Å². The topological polar surface area (TPSA) is 64.6 Å². The summed E-state index contributed by atoms with van der Waals surface area (Å²) < 4.78 is 9.90. The average molecular weight is 293 g/mol. The molecule has 0 aliphatic carbocycles. The van der Waals surface area contributed by atoms with E-state index in [1.165, 1.54) is 7.11 Å². The van der Waals surface area contributed by atoms with E-state index < -0.39 is 12.0 Å². The molecule has 0 aliphatic heterocycles. The SMILES string of the molecule is CCNC(CC(=O)OC)C(=O)c1cc(C)c(OC)cc1C. The summed E-state index contributed by atoms with van der Waals surface area (Å²) in [5, 5.41) is 3.04. The molecule has 0 spiro atoms. The summed E-state index contributed by atoms with van der Waals surface area (Å²) in [7, 11) is 2.92. The van der Waals surface area contributed by atoms with Crippen LogP contribution in [-0.2, 0) is 9.53 Å². The lowest BCUT2D eigenvalue weighted by molar-refractivity contribution is -0.140. The number of ether oxygens (including phenoxy) is 2. The molecule has 1 aromatic carbocycles. The fourth-order valence-electron chi connectivity index (χ4n) is 2.22. The van der Waals surface area contributed by atoms with Crippen molar-refractivity contribution in [2.75, 3.05) is 20.8 Å². The van der Waals surface area contributed by atoms with Gasteiger partial charge < -0.3 is 14.8 Å². The summed E-state index contributed by atoms with van der Waals surface area (Å²) >= 11 is 0. The van der Waals surface area contributed by atoms with Crippen molar-refractivity contribution in [1.82, 2.24) is 5.32 Å². The van der Waals surface area contributed by atoms with Crippen LogP contribution in [0.3, 0.4) is 0 Å². The smallest absolute Gasteiger partial charge is 0.307 e. The van der Waals surface area contributed by atoms with Crippen molar-refractivity contribution < 1.29 is 19.1 Å². The van der Waals surface area contributed by atoms with Crippen LogP contribution in [0.15, 0.2) is 12.1 Å². The first kappa shape index (κ1) is 17.2. The summed E-state index contributed by atoms with van der Waals surface area (Å²) in [5.41, 5.74) is 2.32. The second kappa shape index (κ2) is 7.78. The number of Topliss-reactive ketones (excluding diaryl/α,β-unsaturated/α-hetero) is 1. The first-order valence-electron chi connectivity index (χ1n) is 6.94. The third-order valence-electron chi connectivity index (χ3n) is 3.37. The standard InChI is InChI=1S/C16H23NO4/c1-6-17-13(9-15(18)21-5)16(19)12-7-11(3)14(20-4)8-10(12)2/h7-8,13,17H,6,9H2,1-5H3. The molecule has 5 nitrogen and oxygen atoms in total. The molecule has 1 N–H and O–H groups in total. The molecular formula is C16H23NO4. The fourth-order valence-corrected chi connectivity index (χ4v) is 2.22. The van der Waals surface area contributed by atoms with Gasteiger partial charge in [-0.05, 0) is 43.7 Å². The zero-order valence-corrected chi connectivity index (χ0v) is 13.3. The molecule has 0 heterocycles. The highest BCUT2D eigenvalue weighted by molar-refractivity contribution is 6.03. The van der Waals surface area contributed by atoms with Gasteiger partial charge in [0, 0.05) is 5.56 Å². The van der Waals surface area contributed by atoms with E-state index >= 15 is 0 Å². The molecule has 0 saturated carbocycles. The van der Waals surface area contributed by atoms with Crippen molar-refractivity contribution in [2.45, 2.75) is 33.2 Å². The van der Waals surface area contributed by atoms with Crippen LogP contribution in [-0.4, -0.2) is 38.6 Å². The van der Waals surface area contributed by atoms with Crippen molar-refractivity contribution in [3.05, 3.63) is 28.8 Å². The summed E-state index contributed by atoms with van der Waals surface area (Å²) in [4.78, 5) is 24.1. The van der Waals surface area contributed by atoms with Crippen LogP contribution in [0.25, 0.3) is 0 Å². The Hall–Kier alpha value is -1.88.